The zero-order valence-corrected chi connectivity index (χ0v) is 18.2. The number of allylic oxidation sites excluding steroid dienone is 1. The van der Waals surface area contributed by atoms with E-state index in [1.54, 1.807) is 30.3 Å². The number of hydrogen-bond acceptors (Lipinski definition) is 6. The predicted octanol–water partition coefficient (Wildman–Crippen LogP) is 4.42. The van der Waals surface area contributed by atoms with Gasteiger partial charge in [0.15, 0.2) is 5.78 Å². The average Bonchev–Trinajstić information content (AvgIpc) is 3.10. The maximum atomic E-state index is 12.5. The van der Waals surface area contributed by atoms with Gasteiger partial charge in [-0.05, 0) is 48.6 Å². The number of nitrogens with one attached hydrogen (secondary N) is 1. The average molecular weight is 466 g/mol. The number of halogens is 1. The van der Waals surface area contributed by atoms with E-state index in [-0.39, 0.29) is 24.0 Å². The summed E-state index contributed by atoms with van der Waals surface area (Å²) in [5.41, 5.74) is 2.28. The van der Waals surface area contributed by atoms with Crippen molar-refractivity contribution >= 4 is 68.9 Å². The number of thioether (sulfide) groups is 1. The lowest BCUT2D eigenvalue weighted by atomic mass is 10.1. The third kappa shape index (κ3) is 4.87. The van der Waals surface area contributed by atoms with E-state index < -0.39 is 11.1 Å². The van der Waals surface area contributed by atoms with Crippen molar-refractivity contribution in [3.05, 3.63) is 77.0 Å². The van der Waals surface area contributed by atoms with Crippen molar-refractivity contribution in [1.82, 2.24) is 9.88 Å². The van der Waals surface area contributed by atoms with E-state index in [1.165, 1.54) is 6.08 Å². The van der Waals surface area contributed by atoms with Crippen LogP contribution in [-0.4, -0.2) is 45.0 Å². The Morgan fingerprint density at radius 1 is 1.12 bits per heavy atom. The fourth-order valence-corrected chi connectivity index (χ4v) is 4.02. The molecule has 1 fully saturated rings. The number of imide groups is 1. The molecular formula is C23H16ClN3O4S. The number of anilines is 1. The molecule has 0 aliphatic carbocycles. The Kier molecular flexibility index (Phi) is 6.34. The number of nitrogens with zero attached hydrogens (tertiary/aromatic N) is 2. The van der Waals surface area contributed by atoms with Crippen LogP contribution in [0.4, 0.5) is 10.5 Å². The summed E-state index contributed by atoms with van der Waals surface area (Å²) in [4.78, 5) is 53.0. The number of para-hydroxylation sites is 1. The van der Waals surface area contributed by atoms with Crippen molar-refractivity contribution in [2.75, 3.05) is 17.6 Å². The van der Waals surface area contributed by atoms with Gasteiger partial charge >= 0.3 is 0 Å². The van der Waals surface area contributed by atoms with Gasteiger partial charge in [0.1, 0.15) is 11.7 Å². The molecule has 3 amide bonds. The molecular weight excluding hydrogens is 450 g/mol. The van der Waals surface area contributed by atoms with Crippen LogP contribution in [0.25, 0.3) is 17.0 Å². The zero-order chi connectivity index (χ0) is 22.7. The van der Waals surface area contributed by atoms with Crippen molar-refractivity contribution in [1.29, 1.82) is 0 Å². The van der Waals surface area contributed by atoms with E-state index in [4.69, 9.17) is 11.6 Å². The van der Waals surface area contributed by atoms with Crippen molar-refractivity contribution in [3.63, 3.8) is 0 Å². The molecule has 1 aliphatic rings. The topological polar surface area (TPSA) is 96.4 Å². The Bertz CT molecular complexity index is 1260. The second-order valence-corrected chi connectivity index (χ2v) is 8.20. The highest BCUT2D eigenvalue weighted by atomic mass is 35.5. The number of pyridine rings is 1. The fourth-order valence-electron chi connectivity index (χ4n) is 3.08. The van der Waals surface area contributed by atoms with E-state index in [1.807, 2.05) is 30.3 Å². The first kappa shape index (κ1) is 21.7. The Balaban J connectivity index is 1.40. The number of benzene rings is 2. The number of fused-ring (bicyclic) bond motifs is 1. The van der Waals surface area contributed by atoms with E-state index in [2.05, 4.69) is 10.3 Å². The molecule has 4 rings (SSSR count). The molecule has 0 bridgehead atoms. The summed E-state index contributed by atoms with van der Waals surface area (Å²) in [6.07, 6.45) is 3.02. The smallest absolute Gasteiger partial charge is 0.289 e. The van der Waals surface area contributed by atoms with Crippen LogP contribution in [0.3, 0.4) is 0 Å². The van der Waals surface area contributed by atoms with E-state index in [9.17, 15) is 19.2 Å². The largest absolute Gasteiger partial charge is 0.325 e. The SMILES string of the molecule is O=C(CN1C(=O)CSC1=O)Nc1ccc(C(=O)/C=C/c2cc3ccccc3nc2Cl)cc1. The van der Waals surface area contributed by atoms with Crippen LogP contribution in [0.1, 0.15) is 15.9 Å². The molecule has 9 heteroatoms. The van der Waals surface area contributed by atoms with Crippen LogP contribution in [0.5, 0.6) is 0 Å². The molecule has 1 N–H and O–H groups in total. The van der Waals surface area contributed by atoms with Crippen LogP contribution in [-0.2, 0) is 9.59 Å². The minimum Gasteiger partial charge on any atom is -0.325 e. The number of hydrogen-bond donors (Lipinski definition) is 1. The highest BCUT2D eigenvalue weighted by Crippen LogP contribution is 2.22. The van der Waals surface area contributed by atoms with Gasteiger partial charge in [-0.3, -0.25) is 24.1 Å². The monoisotopic (exact) mass is 465 g/mol. The normalized spacial score (nSPS) is 13.8. The predicted molar refractivity (Wildman–Crippen MR) is 125 cm³/mol. The summed E-state index contributed by atoms with van der Waals surface area (Å²) in [7, 11) is 0. The molecule has 7 nitrogen and oxygen atoms in total. The van der Waals surface area contributed by atoms with Crippen LogP contribution in [0.2, 0.25) is 5.15 Å². The van der Waals surface area contributed by atoms with Crippen LogP contribution in [0.15, 0.2) is 60.7 Å². The molecule has 0 radical (unpaired) electrons. The number of amides is 3. The summed E-state index contributed by atoms with van der Waals surface area (Å²) in [6, 6.07) is 15.7. The quantitative estimate of drug-likeness (QED) is 0.329. The van der Waals surface area contributed by atoms with E-state index >= 15 is 0 Å². The highest BCUT2D eigenvalue weighted by Gasteiger charge is 2.31. The summed E-state index contributed by atoms with van der Waals surface area (Å²) < 4.78 is 0. The minimum atomic E-state index is -0.494. The van der Waals surface area contributed by atoms with Gasteiger partial charge in [0.2, 0.25) is 11.8 Å². The first-order valence-corrected chi connectivity index (χ1v) is 10.9. The van der Waals surface area contributed by atoms with Crippen molar-refractivity contribution < 1.29 is 19.2 Å². The van der Waals surface area contributed by atoms with Gasteiger partial charge in [-0.25, -0.2) is 4.98 Å². The number of aromatic nitrogens is 1. The maximum absolute atomic E-state index is 12.5. The Labute approximate surface area is 192 Å². The summed E-state index contributed by atoms with van der Waals surface area (Å²) in [5, 5.41) is 3.40. The second kappa shape index (κ2) is 9.33. The Hall–Kier alpha value is -3.49. The van der Waals surface area contributed by atoms with Gasteiger partial charge in [0.05, 0.1) is 11.3 Å². The Morgan fingerprint density at radius 2 is 1.88 bits per heavy atom. The molecule has 1 aliphatic heterocycles. The number of carbonyl (C=O) groups excluding carboxylic acids is 4. The minimum absolute atomic E-state index is 0.0525. The van der Waals surface area contributed by atoms with Crippen LogP contribution >= 0.6 is 23.4 Å². The van der Waals surface area contributed by atoms with E-state index in [0.717, 1.165) is 27.6 Å². The summed E-state index contributed by atoms with van der Waals surface area (Å²) in [5.74, 6) is -1.06. The van der Waals surface area contributed by atoms with Crippen LogP contribution < -0.4 is 5.32 Å². The summed E-state index contributed by atoms with van der Waals surface area (Å²) >= 11 is 7.09. The third-order valence-corrected chi connectivity index (χ3v) is 5.88. The molecule has 1 saturated heterocycles. The van der Waals surface area contributed by atoms with Crippen molar-refractivity contribution in [3.8, 4) is 0 Å². The maximum Gasteiger partial charge on any atom is 0.289 e. The number of rotatable bonds is 6. The standard InChI is InChI=1S/C23H16ClN3O4S/c24-22-16(11-15-3-1-2-4-18(15)26-22)7-10-19(28)14-5-8-17(9-6-14)25-20(29)12-27-21(30)13-32-23(27)31/h1-11H,12-13H2,(H,25,29)/b10-7+. The first-order valence-electron chi connectivity index (χ1n) is 9.55. The third-order valence-electron chi connectivity index (χ3n) is 4.71. The van der Waals surface area contributed by atoms with Crippen molar-refractivity contribution in [2.24, 2.45) is 0 Å². The van der Waals surface area contributed by atoms with Gasteiger partial charge in [-0.15, -0.1) is 0 Å². The molecule has 3 aromatic rings. The fraction of sp³-hybridized carbons (Fsp3) is 0.0870. The number of carbonyl (C=O) groups is 4. The molecule has 160 valence electrons. The zero-order valence-electron chi connectivity index (χ0n) is 16.6. The molecule has 32 heavy (non-hydrogen) atoms. The van der Waals surface area contributed by atoms with E-state index in [0.29, 0.717) is 22.0 Å². The molecule has 2 heterocycles. The van der Waals surface area contributed by atoms with Gasteiger partial charge in [0.25, 0.3) is 5.24 Å². The van der Waals surface area contributed by atoms with Gasteiger partial charge in [-0.2, -0.15) is 0 Å². The molecule has 0 unspecified atom stereocenters. The highest BCUT2D eigenvalue weighted by molar-refractivity contribution is 8.14. The molecule has 0 spiro atoms. The first-order chi connectivity index (χ1) is 15.4. The lowest BCUT2D eigenvalue weighted by molar-refractivity contribution is -0.128. The lowest BCUT2D eigenvalue weighted by Crippen LogP contribution is -2.36. The summed E-state index contributed by atoms with van der Waals surface area (Å²) in [6.45, 7) is -0.339. The molecule has 2 aromatic carbocycles. The van der Waals surface area contributed by atoms with Crippen LogP contribution in [0, 0.1) is 0 Å². The van der Waals surface area contributed by atoms with Gasteiger partial charge in [0, 0.05) is 22.2 Å². The molecule has 0 saturated carbocycles. The molecule has 0 atom stereocenters. The second-order valence-electron chi connectivity index (χ2n) is 6.92. The molecule has 1 aromatic heterocycles. The van der Waals surface area contributed by atoms with Crippen molar-refractivity contribution in [2.45, 2.75) is 0 Å². The van der Waals surface area contributed by atoms with Gasteiger partial charge in [-0.1, -0.05) is 41.6 Å². The number of ketones is 1. The Morgan fingerprint density at radius 3 is 2.59 bits per heavy atom. The van der Waals surface area contributed by atoms with Gasteiger partial charge < -0.3 is 5.32 Å². The lowest BCUT2D eigenvalue weighted by Gasteiger charge is -2.12.